The maximum Gasteiger partial charge on any atom is 0.115 e. The Kier molecular flexibility index (Phi) is 4.43. The fraction of sp³-hybridized carbons (Fsp3) is 0.455. The number of aryl methyl sites for hydroxylation is 1. The highest BCUT2D eigenvalue weighted by atomic mass is 16.5. The standard InChI is InChI=1S/C11H16O3/c1-14-8-11(13)6-5-9-3-2-4-10(12)7-9/h2-4,7,11-13H,5-6,8H2,1H3. The highest BCUT2D eigenvalue weighted by molar-refractivity contribution is 5.27. The van der Waals surface area contributed by atoms with Gasteiger partial charge in [0.05, 0.1) is 12.7 Å². The number of methoxy groups -OCH3 is 1. The molecule has 1 atom stereocenters. The zero-order chi connectivity index (χ0) is 10.4. The molecule has 0 aliphatic carbocycles. The molecule has 1 aromatic rings. The van der Waals surface area contributed by atoms with E-state index in [4.69, 9.17) is 4.74 Å². The van der Waals surface area contributed by atoms with Crippen molar-refractivity contribution in [2.24, 2.45) is 0 Å². The molecule has 0 fully saturated rings. The van der Waals surface area contributed by atoms with Crippen molar-refractivity contribution in [2.45, 2.75) is 18.9 Å². The number of hydrogen-bond acceptors (Lipinski definition) is 3. The van der Waals surface area contributed by atoms with Gasteiger partial charge in [0.25, 0.3) is 0 Å². The van der Waals surface area contributed by atoms with Crippen LogP contribution in [0.25, 0.3) is 0 Å². The third-order valence-corrected chi connectivity index (χ3v) is 2.04. The van der Waals surface area contributed by atoms with E-state index in [0.29, 0.717) is 13.0 Å². The second kappa shape index (κ2) is 5.62. The average molecular weight is 196 g/mol. The molecule has 0 aliphatic rings. The lowest BCUT2D eigenvalue weighted by Gasteiger charge is -2.08. The number of ether oxygens (including phenoxy) is 1. The Balaban J connectivity index is 2.37. The summed E-state index contributed by atoms with van der Waals surface area (Å²) >= 11 is 0. The summed E-state index contributed by atoms with van der Waals surface area (Å²) in [5.74, 6) is 0.267. The molecule has 0 aliphatic heterocycles. The molecular formula is C11H16O3. The van der Waals surface area contributed by atoms with Gasteiger partial charge in [-0.25, -0.2) is 0 Å². The fourth-order valence-corrected chi connectivity index (χ4v) is 1.32. The maximum atomic E-state index is 9.39. The van der Waals surface area contributed by atoms with Crippen molar-refractivity contribution in [1.82, 2.24) is 0 Å². The third-order valence-electron chi connectivity index (χ3n) is 2.04. The van der Waals surface area contributed by atoms with Gasteiger partial charge in [-0.3, -0.25) is 0 Å². The molecule has 0 aromatic heterocycles. The Hall–Kier alpha value is -1.06. The molecule has 2 N–H and O–H groups in total. The van der Waals surface area contributed by atoms with Crippen LogP contribution in [0.15, 0.2) is 24.3 Å². The zero-order valence-corrected chi connectivity index (χ0v) is 8.31. The van der Waals surface area contributed by atoms with Gasteiger partial charge >= 0.3 is 0 Å². The molecule has 0 saturated carbocycles. The first kappa shape index (κ1) is 11.0. The van der Waals surface area contributed by atoms with Crippen LogP contribution in [-0.2, 0) is 11.2 Å². The number of aliphatic hydroxyl groups excluding tert-OH is 1. The van der Waals surface area contributed by atoms with E-state index < -0.39 is 6.10 Å². The molecule has 0 amide bonds. The van der Waals surface area contributed by atoms with Crippen molar-refractivity contribution in [3.63, 3.8) is 0 Å². The summed E-state index contributed by atoms with van der Waals surface area (Å²) in [7, 11) is 1.57. The first-order valence-corrected chi connectivity index (χ1v) is 4.67. The van der Waals surface area contributed by atoms with Gasteiger partial charge in [-0.15, -0.1) is 0 Å². The van der Waals surface area contributed by atoms with Crippen molar-refractivity contribution in [3.05, 3.63) is 29.8 Å². The zero-order valence-electron chi connectivity index (χ0n) is 8.31. The lowest BCUT2D eigenvalue weighted by molar-refractivity contribution is 0.0595. The van der Waals surface area contributed by atoms with Crippen LogP contribution < -0.4 is 0 Å². The van der Waals surface area contributed by atoms with Gasteiger partial charge in [-0.05, 0) is 30.5 Å². The second-order valence-electron chi connectivity index (χ2n) is 3.32. The summed E-state index contributed by atoms with van der Waals surface area (Å²) in [5.41, 5.74) is 1.03. The number of aliphatic hydroxyl groups is 1. The highest BCUT2D eigenvalue weighted by Gasteiger charge is 2.03. The minimum atomic E-state index is -0.428. The molecular weight excluding hydrogens is 180 g/mol. The second-order valence-corrected chi connectivity index (χ2v) is 3.32. The monoisotopic (exact) mass is 196 g/mol. The highest BCUT2D eigenvalue weighted by Crippen LogP contribution is 2.13. The minimum Gasteiger partial charge on any atom is -0.508 e. The van der Waals surface area contributed by atoms with Gasteiger partial charge < -0.3 is 14.9 Å². The van der Waals surface area contributed by atoms with Crippen LogP contribution in [0.1, 0.15) is 12.0 Å². The largest absolute Gasteiger partial charge is 0.508 e. The normalized spacial score (nSPS) is 12.7. The average Bonchev–Trinajstić information content (AvgIpc) is 2.15. The van der Waals surface area contributed by atoms with Crippen molar-refractivity contribution in [1.29, 1.82) is 0 Å². The molecule has 0 spiro atoms. The summed E-state index contributed by atoms with van der Waals surface area (Å²) in [4.78, 5) is 0. The molecule has 1 aromatic carbocycles. The van der Waals surface area contributed by atoms with E-state index in [0.717, 1.165) is 12.0 Å². The maximum absolute atomic E-state index is 9.39. The topological polar surface area (TPSA) is 49.7 Å². The predicted octanol–water partition coefficient (Wildman–Crippen LogP) is 1.33. The fourth-order valence-electron chi connectivity index (χ4n) is 1.32. The summed E-state index contributed by atoms with van der Waals surface area (Å²) in [6.45, 7) is 0.360. The molecule has 0 heterocycles. The van der Waals surface area contributed by atoms with Crippen molar-refractivity contribution < 1.29 is 14.9 Å². The van der Waals surface area contributed by atoms with Crippen LogP contribution in [0.3, 0.4) is 0 Å². The Bertz CT molecular complexity index is 273. The predicted molar refractivity (Wildman–Crippen MR) is 54.3 cm³/mol. The minimum absolute atomic E-state index is 0.267. The third kappa shape index (κ3) is 3.77. The molecule has 3 heteroatoms. The van der Waals surface area contributed by atoms with E-state index in [1.807, 2.05) is 6.07 Å². The SMILES string of the molecule is COCC(O)CCc1cccc(O)c1. The van der Waals surface area contributed by atoms with Gasteiger partial charge in [0.15, 0.2) is 0 Å². The Labute approximate surface area is 84.0 Å². The van der Waals surface area contributed by atoms with Crippen LogP contribution in [0, 0.1) is 0 Å². The van der Waals surface area contributed by atoms with E-state index in [1.165, 1.54) is 0 Å². The summed E-state index contributed by atoms with van der Waals surface area (Å²) in [5, 5.41) is 18.6. The van der Waals surface area contributed by atoms with Crippen LogP contribution in [0.5, 0.6) is 5.75 Å². The van der Waals surface area contributed by atoms with Gasteiger partial charge in [0, 0.05) is 7.11 Å². The molecule has 0 bridgehead atoms. The van der Waals surface area contributed by atoms with Gasteiger partial charge in [0.1, 0.15) is 5.75 Å². The molecule has 1 unspecified atom stereocenters. The van der Waals surface area contributed by atoms with Gasteiger partial charge in [0.2, 0.25) is 0 Å². The smallest absolute Gasteiger partial charge is 0.115 e. The molecule has 14 heavy (non-hydrogen) atoms. The van der Waals surface area contributed by atoms with Crippen molar-refractivity contribution >= 4 is 0 Å². The number of aromatic hydroxyl groups is 1. The van der Waals surface area contributed by atoms with Crippen molar-refractivity contribution in [3.8, 4) is 5.75 Å². The Morgan fingerprint density at radius 2 is 2.21 bits per heavy atom. The number of rotatable bonds is 5. The molecule has 3 nitrogen and oxygen atoms in total. The number of phenolic OH excluding ortho intramolecular Hbond substituents is 1. The van der Waals surface area contributed by atoms with E-state index >= 15 is 0 Å². The van der Waals surface area contributed by atoms with E-state index in [-0.39, 0.29) is 5.75 Å². The Morgan fingerprint density at radius 1 is 1.43 bits per heavy atom. The first-order chi connectivity index (χ1) is 6.72. The number of phenols is 1. The molecule has 0 radical (unpaired) electrons. The summed E-state index contributed by atoms with van der Waals surface area (Å²) in [6, 6.07) is 7.07. The first-order valence-electron chi connectivity index (χ1n) is 4.67. The Morgan fingerprint density at radius 3 is 2.86 bits per heavy atom. The molecule has 1 rings (SSSR count). The van der Waals surface area contributed by atoms with Crippen LogP contribution >= 0.6 is 0 Å². The molecule has 0 saturated heterocycles. The lowest BCUT2D eigenvalue weighted by atomic mass is 10.1. The van der Waals surface area contributed by atoms with Crippen LogP contribution in [0.4, 0.5) is 0 Å². The molecule has 78 valence electrons. The summed E-state index contributed by atoms with van der Waals surface area (Å²) < 4.78 is 4.82. The van der Waals surface area contributed by atoms with Crippen LogP contribution in [0.2, 0.25) is 0 Å². The lowest BCUT2D eigenvalue weighted by Crippen LogP contribution is -2.14. The quantitative estimate of drug-likeness (QED) is 0.747. The van der Waals surface area contributed by atoms with Gasteiger partial charge in [-0.2, -0.15) is 0 Å². The number of benzene rings is 1. The summed E-state index contributed by atoms with van der Waals surface area (Å²) in [6.07, 6.45) is 0.971. The van der Waals surface area contributed by atoms with E-state index in [1.54, 1.807) is 25.3 Å². The van der Waals surface area contributed by atoms with Gasteiger partial charge in [-0.1, -0.05) is 12.1 Å². The van der Waals surface area contributed by atoms with Crippen LogP contribution in [-0.4, -0.2) is 30.0 Å². The van der Waals surface area contributed by atoms with E-state index in [2.05, 4.69) is 0 Å². The van der Waals surface area contributed by atoms with E-state index in [9.17, 15) is 10.2 Å². The number of hydrogen-bond donors (Lipinski definition) is 2. The van der Waals surface area contributed by atoms with Crippen molar-refractivity contribution in [2.75, 3.05) is 13.7 Å².